The number of carbonyl (C=O) groups is 2. The lowest BCUT2D eigenvalue weighted by Gasteiger charge is -2.27. The minimum Gasteiger partial charge on any atom is -0.481 e. The number of carboxylic acid groups (broad SMARTS) is 1. The second-order valence-electron chi connectivity index (χ2n) is 20.3. The molecule has 0 aliphatic carbocycles. The summed E-state index contributed by atoms with van der Waals surface area (Å²) in [5, 5.41) is 18.0. The summed E-state index contributed by atoms with van der Waals surface area (Å²) in [7, 11) is 0. The summed E-state index contributed by atoms with van der Waals surface area (Å²) in [5.41, 5.74) is -0.762. The topological polar surface area (TPSA) is 83.8 Å². The molecule has 0 aromatic carbocycles. The van der Waals surface area contributed by atoms with Gasteiger partial charge in [0, 0.05) is 6.61 Å². The Kier molecular flexibility index (Phi) is 56.2. The number of carboxylic acids is 1. The molecule has 5 heteroatoms. The third-order valence-corrected chi connectivity index (χ3v) is 13.6. The Morgan fingerprint density at radius 2 is 0.556 bits per heavy atom. The van der Waals surface area contributed by atoms with Crippen LogP contribution in [0.25, 0.3) is 0 Å². The molecule has 0 spiro atoms. The lowest BCUT2D eigenvalue weighted by molar-refractivity contribution is -0.156. The van der Waals surface area contributed by atoms with E-state index in [0.717, 1.165) is 51.4 Å². The van der Waals surface area contributed by atoms with Crippen LogP contribution in [0.2, 0.25) is 0 Å². The fraction of sp³-hybridized carbons (Fsp3) is 0.966. The van der Waals surface area contributed by atoms with Crippen LogP contribution in [0.15, 0.2) is 0 Å². The van der Waals surface area contributed by atoms with Crippen LogP contribution in [-0.2, 0) is 14.3 Å². The lowest BCUT2D eigenvalue weighted by Crippen LogP contribution is -2.30. The number of ether oxygens (including phenoxy) is 1. The summed E-state index contributed by atoms with van der Waals surface area (Å²) in [6, 6.07) is 0. The lowest BCUT2D eigenvalue weighted by atomic mass is 9.79. The Morgan fingerprint density at radius 1 is 0.333 bits per heavy atom. The van der Waals surface area contributed by atoms with Gasteiger partial charge in [0.15, 0.2) is 0 Å². The summed E-state index contributed by atoms with van der Waals surface area (Å²) in [6.45, 7) is 18.6. The molecule has 0 fully saturated rings. The van der Waals surface area contributed by atoms with Gasteiger partial charge in [-0.3, -0.25) is 9.59 Å². The highest BCUT2D eigenvalue weighted by atomic mass is 16.5. The van der Waals surface area contributed by atoms with Crippen molar-refractivity contribution in [2.24, 2.45) is 10.8 Å². The van der Waals surface area contributed by atoms with Crippen LogP contribution in [0.4, 0.5) is 0 Å². The number of unbranched alkanes of at least 4 members (excludes halogenated alkanes) is 34. The van der Waals surface area contributed by atoms with E-state index >= 15 is 0 Å². The van der Waals surface area contributed by atoms with E-state index in [1.807, 2.05) is 6.92 Å². The fourth-order valence-electron chi connectivity index (χ4n) is 8.67. The second-order valence-corrected chi connectivity index (χ2v) is 20.3. The highest BCUT2D eigenvalue weighted by Crippen LogP contribution is 2.34. The van der Waals surface area contributed by atoms with Crippen molar-refractivity contribution in [1.29, 1.82) is 0 Å². The zero-order chi connectivity index (χ0) is 47.4. The zero-order valence-corrected chi connectivity index (χ0v) is 44.6. The standard InChI is InChI=1S/C29H58O2.C21H42O2.C8H18O/c1-5-8-11-14-17-18-20-23-26-29(4,25-22-19-15-12-9-6-2)28(30)31-27-24-21-16-13-10-7-3;1-4-6-8-10-12-13-15-17-19-21(3,20(22)23)18-16-14-11-9-7-5-2;1-2-3-4-5-6-7-8-9/h5-27H2,1-4H3;4-19H2,1-3H3,(H,22,23);9H,2-8H2,1H3. The molecule has 0 aromatic heterocycles. The number of carbonyl (C=O) groups excluding carboxylic acids is 1. The molecular weight excluding hydrogens is 777 g/mol. The quantitative estimate of drug-likeness (QED) is 0.0470. The molecule has 0 rings (SSSR count). The van der Waals surface area contributed by atoms with E-state index in [1.165, 1.54) is 231 Å². The summed E-state index contributed by atoms with van der Waals surface area (Å²) < 4.78 is 5.79. The van der Waals surface area contributed by atoms with E-state index in [1.54, 1.807) is 0 Å². The molecule has 0 aromatic rings. The highest BCUT2D eigenvalue weighted by Gasteiger charge is 2.34. The molecule has 0 aliphatic heterocycles. The maximum Gasteiger partial charge on any atom is 0.311 e. The van der Waals surface area contributed by atoms with E-state index in [9.17, 15) is 14.7 Å². The Morgan fingerprint density at radius 3 is 0.810 bits per heavy atom. The van der Waals surface area contributed by atoms with Crippen molar-refractivity contribution >= 4 is 11.9 Å². The van der Waals surface area contributed by atoms with E-state index in [4.69, 9.17) is 9.84 Å². The van der Waals surface area contributed by atoms with Crippen LogP contribution < -0.4 is 0 Å². The van der Waals surface area contributed by atoms with E-state index in [0.29, 0.717) is 13.2 Å². The monoisotopic (exact) mass is 895 g/mol. The van der Waals surface area contributed by atoms with Gasteiger partial charge in [-0.05, 0) is 52.4 Å². The molecule has 0 heterocycles. The van der Waals surface area contributed by atoms with Crippen molar-refractivity contribution in [2.45, 2.75) is 338 Å². The second kappa shape index (κ2) is 53.5. The molecule has 0 saturated carbocycles. The molecule has 0 bridgehead atoms. The molecule has 2 N–H and O–H groups in total. The van der Waals surface area contributed by atoms with Crippen molar-refractivity contribution in [3.8, 4) is 0 Å². The van der Waals surface area contributed by atoms with Gasteiger partial charge < -0.3 is 14.9 Å². The van der Waals surface area contributed by atoms with Crippen LogP contribution in [0, 0.1) is 10.8 Å². The smallest absolute Gasteiger partial charge is 0.311 e. The van der Waals surface area contributed by atoms with Crippen LogP contribution in [0.3, 0.4) is 0 Å². The summed E-state index contributed by atoms with van der Waals surface area (Å²) in [5.74, 6) is -0.508. The first kappa shape index (κ1) is 66.2. The Hall–Kier alpha value is -1.10. The molecule has 0 saturated heterocycles. The fourth-order valence-corrected chi connectivity index (χ4v) is 8.67. The summed E-state index contributed by atoms with van der Waals surface area (Å²) >= 11 is 0. The van der Waals surface area contributed by atoms with Crippen LogP contribution >= 0.6 is 0 Å². The van der Waals surface area contributed by atoms with Gasteiger partial charge in [-0.15, -0.1) is 0 Å². The van der Waals surface area contributed by atoms with Crippen molar-refractivity contribution in [3.05, 3.63) is 0 Å². The van der Waals surface area contributed by atoms with Gasteiger partial charge in [0.1, 0.15) is 0 Å². The van der Waals surface area contributed by atoms with Crippen LogP contribution in [-0.4, -0.2) is 35.4 Å². The van der Waals surface area contributed by atoms with Gasteiger partial charge in [-0.1, -0.05) is 286 Å². The zero-order valence-electron chi connectivity index (χ0n) is 44.6. The van der Waals surface area contributed by atoms with Gasteiger partial charge >= 0.3 is 11.9 Å². The van der Waals surface area contributed by atoms with Gasteiger partial charge in [0.25, 0.3) is 0 Å². The number of hydrogen-bond acceptors (Lipinski definition) is 4. The Balaban J connectivity index is -0.000000981. The number of aliphatic hydroxyl groups excluding tert-OH is 1. The average Bonchev–Trinajstić information content (AvgIpc) is 3.28. The van der Waals surface area contributed by atoms with E-state index in [2.05, 4.69) is 48.5 Å². The van der Waals surface area contributed by atoms with Crippen molar-refractivity contribution in [2.75, 3.05) is 13.2 Å². The molecule has 380 valence electrons. The minimum atomic E-state index is -0.589. The van der Waals surface area contributed by atoms with Crippen molar-refractivity contribution < 1.29 is 24.5 Å². The molecule has 0 radical (unpaired) electrons. The third-order valence-electron chi connectivity index (χ3n) is 13.6. The largest absolute Gasteiger partial charge is 0.481 e. The maximum absolute atomic E-state index is 13.0. The van der Waals surface area contributed by atoms with Gasteiger partial charge in [0.05, 0.1) is 17.4 Å². The maximum atomic E-state index is 13.0. The molecule has 2 unspecified atom stereocenters. The van der Waals surface area contributed by atoms with Crippen LogP contribution in [0.5, 0.6) is 0 Å². The number of rotatable bonds is 47. The molecule has 5 nitrogen and oxygen atoms in total. The number of aliphatic carboxylic acids is 1. The van der Waals surface area contributed by atoms with E-state index in [-0.39, 0.29) is 11.4 Å². The van der Waals surface area contributed by atoms with E-state index < -0.39 is 11.4 Å². The normalized spacial score (nSPS) is 13.0. The predicted octanol–water partition coefficient (Wildman–Crippen LogP) is 19.9. The number of hydrogen-bond donors (Lipinski definition) is 2. The van der Waals surface area contributed by atoms with Crippen LogP contribution in [0.1, 0.15) is 338 Å². The first-order valence-corrected chi connectivity index (χ1v) is 28.6. The van der Waals surface area contributed by atoms with Crippen molar-refractivity contribution in [1.82, 2.24) is 0 Å². The Bertz CT molecular complexity index is 884. The van der Waals surface area contributed by atoms with Gasteiger partial charge in [0.2, 0.25) is 0 Å². The molecular formula is C58H118O5. The first-order chi connectivity index (χ1) is 30.6. The predicted molar refractivity (Wildman–Crippen MR) is 279 cm³/mol. The molecule has 63 heavy (non-hydrogen) atoms. The average molecular weight is 896 g/mol. The molecule has 0 amide bonds. The summed E-state index contributed by atoms with van der Waals surface area (Å²) in [6.07, 6.45) is 54.6. The van der Waals surface area contributed by atoms with Crippen molar-refractivity contribution in [3.63, 3.8) is 0 Å². The first-order valence-electron chi connectivity index (χ1n) is 28.6. The summed E-state index contributed by atoms with van der Waals surface area (Å²) in [4.78, 5) is 24.6. The SMILES string of the molecule is CCCCCCCCCCC(C)(CCCCCCCC)C(=O)O.CCCCCCCCCCC(C)(CCCCCCCC)C(=O)OCCCCCCCC.CCCCCCCCO. The molecule has 2 atom stereocenters. The van der Waals surface area contributed by atoms with Gasteiger partial charge in [-0.25, -0.2) is 0 Å². The number of esters is 1. The minimum absolute atomic E-state index is 0.0811. The number of aliphatic hydroxyl groups is 1. The Labute approximate surface area is 397 Å². The van der Waals surface area contributed by atoms with Gasteiger partial charge in [-0.2, -0.15) is 0 Å². The third kappa shape index (κ3) is 48.6. The molecule has 0 aliphatic rings. The highest BCUT2D eigenvalue weighted by molar-refractivity contribution is 5.76.